The van der Waals surface area contributed by atoms with Gasteiger partial charge in [-0.3, -0.25) is 9.69 Å². The van der Waals surface area contributed by atoms with Gasteiger partial charge in [-0.05, 0) is 61.9 Å². The highest BCUT2D eigenvalue weighted by Crippen LogP contribution is 2.33. The summed E-state index contributed by atoms with van der Waals surface area (Å²) >= 11 is 0. The number of aliphatic carboxylic acids is 1. The Morgan fingerprint density at radius 2 is 2.00 bits per heavy atom. The number of nitrogens with zero attached hydrogens (tertiary/aromatic N) is 3. The van der Waals surface area contributed by atoms with Crippen LogP contribution in [0.25, 0.3) is 5.69 Å². The summed E-state index contributed by atoms with van der Waals surface area (Å²) in [5.41, 5.74) is 1.85. The molecule has 6 nitrogen and oxygen atoms in total. The molecule has 0 bridgehead atoms. The molecule has 2 N–H and O–H groups in total. The van der Waals surface area contributed by atoms with Crippen molar-refractivity contribution in [3.05, 3.63) is 48.0 Å². The van der Waals surface area contributed by atoms with E-state index in [9.17, 15) is 9.18 Å². The van der Waals surface area contributed by atoms with E-state index in [0.717, 1.165) is 30.8 Å². The third-order valence-electron chi connectivity index (χ3n) is 5.52. The second-order valence-electron chi connectivity index (χ2n) is 7.68. The summed E-state index contributed by atoms with van der Waals surface area (Å²) < 4.78 is 14.9. The molecule has 27 heavy (non-hydrogen) atoms. The van der Waals surface area contributed by atoms with Crippen LogP contribution in [0.1, 0.15) is 31.4 Å². The van der Waals surface area contributed by atoms with Crippen LogP contribution in [0.4, 0.5) is 4.39 Å². The third kappa shape index (κ3) is 4.54. The van der Waals surface area contributed by atoms with Gasteiger partial charge in [-0.25, -0.2) is 9.07 Å². The second kappa shape index (κ2) is 7.78. The van der Waals surface area contributed by atoms with Crippen molar-refractivity contribution in [3.8, 4) is 5.69 Å². The summed E-state index contributed by atoms with van der Waals surface area (Å²) in [6.07, 6.45) is 6.17. The third-order valence-corrected chi connectivity index (χ3v) is 5.52. The van der Waals surface area contributed by atoms with Gasteiger partial charge in [0.1, 0.15) is 5.82 Å². The fraction of sp³-hybridized carbons (Fsp3) is 0.500. The largest absolute Gasteiger partial charge is 0.480 e. The second-order valence-corrected chi connectivity index (χ2v) is 7.68. The fourth-order valence-electron chi connectivity index (χ4n) is 3.73. The summed E-state index contributed by atoms with van der Waals surface area (Å²) in [5, 5.41) is 17.0. The van der Waals surface area contributed by atoms with Crippen molar-refractivity contribution in [3.63, 3.8) is 0 Å². The highest BCUT2D eigenvalue weighted by Gasteiger charge is 2.36. The van der Waals surface area contributed by atoms with E-state index >= 15 is 0 Å². The van der Waals surface area contributed by atoms with E-state index < -0.39 is 5.97 Å². The van der Waals surface area contributed by atoms with E-state index in [1.807, 2.05) is 10.7 Å². The van der Waals surface area contributed by atoms with Crippen molar-refractivity contribution in [2.75, 3.05) is 13.1 Å². The van der Waals surface area contributed by atoms with E-state index in [2.05, 4.69) is 15.3 Å². The normalized spacial score (nSPS) is 22.0. The molecule has 0 spiro atoms. The van der Waals surface area contributed by atoms with Crippen molar-refractivity contribution >= 4 is 5.97 Å². The summed E-state index contributed by atoms with van der Waals surface area (Å²) in [6, 6.07) is 9.00. The van der Waals surface area contributed by atoms with Gasteiger partial charge in [0, 0.05) is 31.4 Å². The van der Waals surface area contributed by atoms with Crippen molar-refractivity contribution in [1.82, 2.24) is 20.0 Å². The molecule has 0 aliphatic heterocycles. The van der Waals surface area contributed by atoms with E-state index in [4.69, 9.17) is 5.11 Å². The minimum atomic E-state index is -0.741. The molecule has 2 fully saturated rings. The van der Waals surface area contributed by atoms with E-state index in [-0.39, 0.29) is 12.4 Å². The van der Waals surface area contributed by atoms with Gasteiger partial charge in [0.15, 0.2) is 0 Å². The summed E-state index contributed by atoms with van der Waals surface area (Å²) in [6.45, 7) is 1.74. The number of hydrogen-bond acceptors (Lipinski definition) is 4. The minimum Gasteiger partial charge on any atom is -0.480 e. The minimum absolute atomic E-state index is 0.144. The summed E-state index contributed by atoms with van der Waals surface area (Å²) in [5.74, 6) is -0.306. The SMILES string of the molecule is O=C(O)CN(CC1CC1)C1CC(NCc2ccnn2-c2ccc(F)cc2)C1. The molecule has 2 aliphatic rings. The van der Waals surface area contributed by atoms with Crippen LogP contribution in [0.3, 0.4) is 0 Å². The maximum atomic E-state index is 13.1. The van der Waals surface area contributed by atoms with Crippen molar-refractivity contribution in [2.24, 2.45) is 5.92 Å². The van der Waals surface area contributed by atoms with Crippen molar-refractivity contribution in [1.29, 1.82) is 0 Å². The van der Waals surface area contributed by atoms with Gasteiger partial charge in [-0.2, -0.15) is 5.10 Å². The van der Waals surface area contributed by atoms with Crippen LogP contribution >= 0.6 is 0 Å². The topological polar surface area (TPSA) is 70.4 Å². The maximum absolute atomic E-state index is 13.1. The molecule has 0 unspecified atom stereocenters. The van der Waals surface area contributed by atoms with Gasteiger partial charge in [-0.15, -0.1) is 0 Å². The fourth-order valence-corrected chi connectivity index (χ4v) is 3.73. The van der Waals surface area contributed by atoms with Gasteiger partial charge >= 0.3 is 5.97 Å². The van der Waals surface area contributed by atoms with Gasteiger partial charge < -0.3 is 10.4 Å². The first-order chi connectivity index (χ1) is 13.1. The van der Waals surface area contributed by atoms with Crippen LogP contribution in [0.2, 0.25) is 0 Å². The molecule has 144 valence electrons. The first kappa shape index (κ1) is 18.1. The van der Waals surface area contributed by atoms with Crippen molar-refractivity contribution in [2.45, 2.75) is 44.3 Å². The molecule has 2 aliphatic carbocycles. The smallest absolute Gasteiger partial charge is 0.317 e. The Morgan fingerprint density at radius 1 is 1.26 bits per heavy atom. The van der Waals surface area contributed by atoms with Crippen LogP contribution in [-0.2, 0) is 11.3 Å². The number of benzene rings is 1. The predicted octanol–water partition coefficient (Wildman–Crippen LogP) is 2.43. The maximum Gasteiger partial charge on any atom is 0.317 e. The molecule has 2 aromatic rings. The molecular weight excluding hydrogens is 347 g/mol. The molecule has 0 atom stereocenters. The zero-order valence-electron chi connectivity index (χ0n) is 15.2. The van der Waals surface area contributed by atoms with Crippen molar-refractivity contribution < 1.29 is 14.3 Å². The summed E-state index contributed by atoms with van der Waals surface area (Å²) in [4.78, 5) is 13.3. The van der Waals surface area contributed by atoms with Crippen LogP contribution in [0, 0.1) is 11.7 Å². The first-order valence-corrected chi connectivity index (χ1v) is 9.56. The van der Waals surface area contributed by atoms with Crippen LogP contribution in [0.5, 0.6) is 0 Å². The molecule has 1 aromatic carbocycles. The summed E-state index contributed by atoms with van der Waals surface area (Å²) in [7, 11) is 0. The zero-order valence-corrected chi connectivity index (χ0v) is 15.2. The predicted molar refractivity (Wildman–Crippen MR) is 99.1 cm³/mol. The Kier molecular flexibility index (Phi) is 5.22. The average Bonchev–Trinajstić information content (AvgIpc) is 3.28. The number of rotatable bonds is 9. The first-order valence-electron chi connectivity index (χ1n) is 9.56. The number of carbonyl (C=O) groups is 1. The Labute approximate surface area is 158 Å². The van der Waals surface area contributed by atoms with Gasteiger partial charge in [0.25, 0.3) is 0 Å². The number of carboxylic acids is 1. The number of nitrogens with one attached hydrogen (secondary N) is 1. The number of hydrogen-bond donors (Lipinski definition) is 2. The highest BCUT2D eigenvalue weighted by molar-refractivity contribution is 5.69. The molecule has 0 saturated heterocycles. The van der Waals surface area contributed by atoms with Gasteiger partial charge in [0.2, 0.25) is 0 Å². The van der Waals surface area contributed by atoms with E-state index in [1.54, 1.807) is 18.3 Å². The van der Waals surface area contributed by atoms with Gasteiger partial charge in [0.05, 0.1) is 17.9 Å². The van der Waals surface area contributed by atoms with E-state index in [0.29, 0.717) is 24.5 Å². The van der Waals surface area contributed by atoms with Gasteiger partial charge in [-0.1, -0.05) is 0 Å². The lowest BCUT2D eigenvalue weighted by atomic mass is 9.85. The van der Waals surface area contributed by atoms with Crippen LogP contribution < -0.4 is 5.32 Å². The molecule has 0 amide bonds. The number of halogens is 1. The molecule has 7 heteroatoms. The quantitative estimate of drug-likeness (QED) is 0.707. The molecule has 1 heterocycles. The number of aromatic nitrogens is 2. The lowest BCUT2D eigenvalue weighted by Gasteiger charge is -2.43. The van der Waals surface area contributed by atoms with Crippen LogP contribution in [0.15, 0.2) is 36.5 Å². The average molecular weight is 372 g/mol. The molecular formula is C20H25FN4O2. The molecule has 1 aromatic heterocycles. The Bertz CT molecular complexity index is 782. The van der Waals surface area contributed by atoms with Crippen LogP contribution in [-0.4, -0.2) is 50.9 Å². The lowest BCUT2D eigenvalue weighted by Crippen LogP contribution is -2.54. The Balaban J connectivity index is 1.29. The Morgan fingerprint density at radius 3 is 2.67 bits per heavy atom. The molecule has 2 saturated carbocycles. The monoisotopic (exact) mass is 372 g/mol. The zero-order chi connectivity index (χ0) is 18.8. The highest BCUT2D eigenvalue weighted by atomic mass is 19.1. The standard InChI is InChI=1S/C20H25FN4O2/c21-15-3-5-17(6-4-15)25-18(7-8-23-25)11-22-16-9-19(10-16)24(13-20(26)27)12-14-1-2-14/h3-8,14,16,19,22H,1-2,9-13H2,(H,26,27). The lowest BCUT2D eigenvalue weighted by molar-refractivity contribution is -0.139. The molecule has 4 rings (SSSR count). The van der Waals surface area contributed by atoms with E-state index in [1.165, 1.54) is 25.0 Å². The molecule has 0 radical (unpaired) electrons. The number of carboxylic acid groups (broad SMARTS) is 1. The Hall–Kier alpha value is -2.25.